The molecule has 1 N–H and O–H groups in total. The smallest absolute Gasteiger partial charge is 0.267 e. The van der Waals surface area contributed by atoms with Crippen molar-refractivity contribution >= 4 is 11.6 Å². The lowest BCUT2D eigenvalue weighted by molar-refractivity contribution is 0.0954. The number of amides is 1. The van der Waals surface area contributed by atoms with Gasteiger partial charge in [0, 0.05) is 5.56 Å². The van der Waals surface area contributed by atoms with Gasteiger partial charge in [-0.3, -0.25) is 4.79 Å². The Morgan fingerprint density at radius 1 is 0.917 bits per heavy atom. The number of carbonyl (C=O) groups is 1. The van der Waals surface area contributed by atoms with Gasteiger partial charge in [-0.15, -0.1) is 0 Å². The first kappa shape index (κ1) is 17.9. The third-order valence-corrected chi connectivity index (χ3v) is 3.91. The fourth-order valence-electron chi connectivity index (χ4n) is 2.43. The van der Waals surface area contributed by atoms with Gasteiger partial charge >= 0.3 is 0 Å². The average molecular weight is 322 g/mol. The van der Waals surface area contributed by atoms with Gasteiger partial charge in [0.05, 0.1) is 5.71 Å². The molecule has 0 saturated heterocycles. The van der Waals surface area contributed by atoms with Gasteiger partial charge in [0.2, 0.25) is 0 Å². The third kappa shape index (κ3) is 4.54. The van der Waals surface area contributed by atoms with E-state index in [0.717, 1.165) is 11.3 Å². The predicted octanol–water partition coefficient (Wildman–Crippen LogP) is 4.77. The second-order valence-electron chi connectivity index (χ2n) is 7.29. The van der Waals surface area contributed by atoms with Crippen molar-refractivity contribution in [3.63, 3.8) is 0 Å². The Labute approximate surface area is 144 Å². The van der Waals surface area contributed by atoms with Crippen LogP contribution in [0.3, 0.4) is 0 Å². The summed E-state index contributed by atoms with van der Waals surface area (Å²) in [6.45, 7) is 10.6. The number of hydrogen-bond acceptors (Lipinski definition) is 2. The van der Waals surface area contributed by atoms with Crippen LogP contribution in [0, 0.1) is 5.92 Å². The van der Waals surface area contributed by atoms with Gasteiger partial charge in [-0.1, -0.05) is 77.1 Å². The van der Waals surface area contributed by atoms with Crippen LogP contribution in [0.5, 0.6) is 0 Å². The van der Waals surface area contributed by atoms with E-state index in [4.69, 9.17) is 0 Å². The van der Waals surface area contributed by atoms with E-state index in [1.807, 2.05) is 54.6 Å². The zero-order valence-corrected chi connectivity index (χ0v) is 15.1. The number of hydrazone groups is 1. The molecule has 0 unspecified atom stereocenters. The predicted molar refractivity (Wildman–Crippen MR) is 100 cm³/mol. The van der Waals surface area contributed by atoms with Crippen molar-refractivity contribution in [2.24, 2.45) is 11.0 Å². The maximum absolute atomic E-state index is 12.3. The Hall–Kier alpha value is -2.42. The standard InChI is InChI=1S/C21H26N2O/c1-15(2)19(16-9-7-6-8-10-16)22-23-20(24)17-11-13-18(14-12-17)21(3,4)5/h6-15H,1-5H3,(H,23,24). The molecule has 0 atom stereocenters. The molecule has 2 rings (SSSR count). The lowest BCUT2D eigenvalue weighted by Crippen LogP contribution is -2.22. The molecule has 2 aromatic rings. The van der Waals surface area contributed by atoms with Gasteiger partial charge in [-0.2, -0.15) is 5.10 Å². The van der Waals surface area contributed by atoms with E-state index in [2.05, 4.69) is 45.1 Å². The number of rotatable bonds is 4. The Balaban J connectivity index is 2.16. The summed E-state index contributed by atoms with van der Waals surface area (Å²) >= 11 is 0. The fourth-order valence-corrected chi connectivity index (χ4v) is 2.43. The first-order valence-electron chi connectivity index (χ1n) is 8.33. The summed E-state index contributed by atoms with van der Waals surface area (Å²) in [7, 11) is 0. The van der Waals surface area contributed by atoms with E-state index < -0.39 is 0 Å². The zero-order chi connectivity index (χ0) is 17.7. The lowest BCUT2D eigenvalue weighted by Gasteiger charge is -2.19. The van der Waals surface area contributed by atoms with E-state index in [0.29, 0.717) is 5.56 Å². The van der Waals surface area contributed by atoms with Gasteiger partial charge in [0.15, 0.2) is 0 Å². The molecule has 0 aliphatic rings. The SMILES string of the molecule is CC(C)C(=NNC(=O)c1ccc(C(C)(C)C)cc1)c1ccccc1. The van der Waals surface area contributed by atoms with E-state index in [-0.39, 0.29) is 17.2 Å². The second-order valence-corrected chi connectivity index (χ2v) is 7.29. The topological polar surface area (TPSA) is 41.5 Å². The molecule has 0 radical (unpaired) electrons. The van der Waals surface area contributed by atoms with E-state index in [1.165, 1.54) is 5.56 Å². The summed E-state index contributed by atoms with van der Waals surface area (Å²) < 4.78 is 0. The molecule has 0 aliphatic carbocycles. The van der Waals surface area contributed by atoms with Crippen LogP contribution in [0.4, 0.5) is 0 Å². The molecule has 3 nitrogen and oxygen atoms in total. The van der Waals surface area contributed by atoms with E-state index >= 15 is 0 Å². The molecule has 3 heteroatoms. The highest BCUT2D eigenvalue weighted by Gasteiger charge is 2.14. The Morgan fingerprint density at radius 3 is 2.00 bits per heavy atom. The van der Waals surface area contributed by atoms with Crippen LogP contribution in [0.1, 0.15) is 56.1 Å². The van der Waals surface area contributed by atoms with Crippen molar-refractivity contribution in [3.05, 3.63) is 71.3 Å². The van der Waals surface area contributed by atoms with Crippen molar-refractivity contribution in [1.82, 2.24) is 5.43 Å². The summed E-state index contributed by atoms with van der Waals surface area (Å²) in [4.78, 5) is 12.3. The highest BCUT2D eigenvalue weighted by Crippen LogP contribution is 2.22. The van der Waals surface area contributed by atoms with E-state index in [9.17, 15) is 4.79 Å². The van der Waals surface area contributed by atoms with Crippen molar-refractivity contribution in [3.8, 4) is 0 Å². The quantitative estimate of drug-likeness (QED) is 0.639. The first-order chi connectivity index (χ1) is 11.3. The molecule has 2 aromatic carbocycles. The molecule has 0 spiro atoms. The summed E-state index contributed by atoms with van der Waals surface area (Å²) in [6, 6.07) is 17.6. The average Bonchev–Trinajstić information content (AvgIpc) is 2.55. The Morgan fingerprint density at radius 2 is 1.50 bits per heavy atom. The van der Waals surface area contributed by atoms with Gasteiger partial charge in [-0.25, -0.2) is 5.43 Å². The maximum Gasteiger partial charge on any atom is 0.271 e. The van der Waals surface area contributed by atoms with Gasteiger partial charge in [0.25, 0.3) is 5.91 Å². The third-order valence-electron chi connectivity index (χ3n) is 3.91. The lowest BCUT2D eigenvalue weighted by atomic mass is 9.87. The molecule has 0 heterocycles. The summed E-state index contributed by atoms with van der Waals surface area (Å²) in [6.07, 6.45) is 0. The molecule has 0 aliphatic heterocycles. The van der Waals surface area contributed by atoms with Crippen molar-refractivity contribution in [2.45, 2.75) is 40.0 Å². The molecule has 0 bridgehead atoms. The second kappa shape index (κ2) is 7.43. The zero-order valence-electron chi connectivity index (χ0n) is 15.1. The van der Waals surface area contributed by atoms with E-state index in [1.54, 1.807) is 0 Å². The molecule has 0 saturated carbocycles. The maximum atomic E-state index is 12.3. The van der Waals surface area contributed by atoms with Gasteiger partial charge in [-0.05, 0) is 34.6 Å². The minimum absolute atomic E-state index is 0.0747. The van der Waals surface area contributed by atoms with Crippen LogP contribution in [0.25, 0.3) is 0 Å². The number of nitrogens with one attached hydrogen (secondary N) is 1. The molecule has 0 fully saturated rings. The molecule has 126 valence electrons. The summed E-state index contributed by atoms with van der Waals surface area (Å²) in [5, 5.41) is 4.36. The fraction of sp³-hybridized carbons (Fsp3) is 0.333. The molecule has 1 amide bonds. The first-order valence-corrected chi connectivity index (χ1v) is 8.33. The summed E-state index contributed by atoms with van der Waals surface area (Å²) in [5.41, 5.74) is 6.47. The number of carbonyl (C=O) groups excluding carboxylic acids is 1. The number of benzene rings is 2. The molecular formula is C21H26N2O. The van der Waals surface area contributed by atoms with Crippen LogP contribution < -0.4 is 5.43 Å². The minimum Gasteiger partial charge on any atom is -0.267 e. The monoisotopic (exact) mass is 322 g/mol. The van der Waals surface area contributed by atoms with Crippen molar-refractivity contribution in [2.75, 3.05) is 0 Å². The van der Waals surface area contributed by atoms with Crippen LogP contribution in [-0.4, -0.2) is 11.6 Å². The van der Waals surface area contributed by atoms with Crippen LogP contribution in [0.15, 0.2) is 59.7 Å². The van der Waals surface area contributed by atoms with Crippen molar-refractivity contribution < 1.29 is 4.79 Å². The van der Waals surface area contributed by atoms with Crippen LogP contribution in [0.2, 0.25) is 0 Å². The summed E-state index contributed by atoms with van der Waals surface area (Å²) in [5.74, 6) is 0.0282. The van der Waals surface area contributed by atoms with Crippen LogP contribution in [-0.2, 0) is 5.41 Å². The molecule has 24 heavy (non-hydrogen) atoms. The largest absolute Gasteiger partial charge is 0.271 e. The van der Waals surface area contributed by atoms with Gasteiger partial charge in [0.1, 0.15) is 0 Å². The minimum atomic E-state index is -0.190. The van der Waals surface area contributed by atoms with Gasteiger partial charge < -0.3 is 0 Å². The highest BCUT2D eigenvalue weighted by molar-refractivity contribution is 6.03. The Kier molecular flexibility index (Phi) is 5.55. The highest BCUT2D eigenvalue weighted by atomic mass is 16.2. The molecular weight excluding hydrogens is 296 g/mol. The number of nitrogens with zero attached hydrogens (tertiary/aromatic N) is 1. The molecule has 0 aromatic heterocycles. The number of hydrogen-bond donors (Lipinski definition) is 1. The van der Waals surface area contributed by atoms with Crippen molar-refractivity contribution in [1.29, 1.82) is 0 Å². The Bertz CT molecular complexity index is 708. The normalized spacial score (nSPS) is 12.3. The van der Waals surface area contributed by atoms with Crippen LogP contribution >= 0.6 is 0 Å².